The normalized spacial score (nSPS) is 10.9. The topological polar surface area (TPSA) is 121 Å². The van der Waals surface area contributed by atoms with Crippen molar-refractivity contribution in [3.8, 4) is 0 Å². The Balaban J connectivity index is 1.55. The van der Waals surface area contributed by atoms with Crippen LogP contribution in [0.3, 0.4) is 0 Å². The van der Waals surface area contributed by atoms with E-state index in [0.29, 0.717) is 18.8 Å². The molecule has 0 saturated carbocycles. The van der Waals surface area contributed by atoms with E-state index in [-0.39, 0.29) is 18.3 Å². The molecule has 0 saturated heterocycles. The molecule has 0 aliphatic carbocycles. The number of para-hydroxylation sites is 1. The molecule has 10 heteroatoms. The molecule has 2 heterocycles. The number of nitrogens with zero attached hydrogens (tertiary/aromatic N) is 6. The highest BCUT2D eigenvalue weighted by atomic mass is 16.6. The molecule has 0 unspecified atom stereocenters. The standard InChI is InChI=1S/C14H15N7O3/c1-10-8-13(21(23)24)17-19(10)7-6-15-14(22)9-20-12-5-3-2-4-11(12)16-18-20/h2-5,8H,6-7,9H2,1H3,(H,15,22). The number of benzene rings is 1. The summed E-state index contributed by atoms with van der Waals surface area (Å²) in [6.45, 7) is 2.44. The predicted octanol–water partition coefficient (Wildman–Crippen LogP) is 0.661. The number of amides is 1. The van der Waals surface area contributed by atoms with Gasteiger partial charge in [-0.1, -0.05) is 17.3 Å². The van der Waals surface area contributed by atoms with Crippen LogP contribution in [0.2, 0.25) is 0 Å². The van der Waals surface area contributed by atoms with Crippen LogP contribution in [0.4, 0.5) is 5.82 Å². The van der Waals surface area contributed by atoms with E-state index in [1.807, 2.05) is 24.3 Å². The third-order valence-electron chi connectivity index (χ3n) is 3.51. The molecule has 1 amide bonds. The Morgan fingerprint density at radius 2 is 2.12 bits per heavy atom. The maximum Gasteiger partial charge on any atom is 0.390 e. The fraction of sp³-hybridized carbons (Fsp3) is 0.286. The molecular formula is C14H15N7O3. The molecule has 1 aromatic carbocycles. The second-order valence-corrected chi connectivity index (χ2v) is 5.21. The summed E-state index contributed by atoms with van der Waals surface area (Å²) < 4.78 is 3.01. The minimum atomic E-state index is -0.544. The SMILES string of the molecule is Cc1cc([N+](=O)[O-])nn1CCNC(=O)Cn1nnc2ccccc21. The zero-order valence-electron chi connectivity index (χ0n) is 12.9. The van der Waals surface area contributed by atoms with Crippen molar-refractivity contribution < 1.29 is 9.72 Å². The van der Waals surface area contributed by atoms with Crippen molar-refractivity contribution in [1.82, 2.24) is 30.1 Å². The quantitative estimate of drug-likeness (QED) is 0.524. The molecule has 0 atom stereocenters. The van der Waals surface area contributed by atoms with Crippen molar-refractivity contribution in [3.63, 3.8) is 0 Å². The molecule has 2 aromatic heterocycles. The van der Waals surface area contributed by atoms with Crippen LogP contribution in [0.25, 0.3) is 11.0 Å². The van der Waals surface area contributed by atoms with E-state index in [9.17, 15) is 14.9 Å². The number of carbonyl (C=O) groups excluding carboxylic acids is 1. The Morgan fingerprint density at radius 1 is 1.33 bits per heavy atom. The summed E-state index contributed by atoms with van der Waals surface area (Å²) in [7, 11) is 0. The van der Waals surface area contributed by atoms with Crippen molar-refractivity contribution >= 4 is 22.8 Å². The van der Waals surface area contributed by atoms with Crippen molar-refractivity contribution in [2.24, 2.45) is 0 Å². The van der Waals surface area contributed by atoms with Gasteiger partial charge in [0.2, 0.25) is 5.91 Å². The zero-order chi connectivity index (χ0) is 17.1. The van der Waals surface area contributed by atoms with Crippen LogP contribution in [0.15, 0.2) is 30.3 Å². The number of nitrogens with one attached hydrogen (secondary N) is 1. The van der Waals surface area contributed by atoms with Crippen molar-refractivity contribution in [1.29, 1.82) is 0 Å². The molecule has 24 heavy (non-hydrogen) atoms. The van der Waals surface area contributed by atoms with Crippen molar-refractivity contribution in [2.75, 3.05) is 6.54 Å². The van der Waals surface area contributed by atoms with Gasteiger partial charge in [-0.25, -0.2) is 4.68 Å². The molecule has 3 aromatic rings. The number of nitro groups is 1. The van der Waals surface area contributed by atoms with Gasteiger partial charge in [0.15, 0.2) is 0 Å². The zero-order valence-corrected chi connectivity index (χ0v) is 12.9. The third kappa shape index (κ3) is 3.21. The van der Waals surface area contributed by atoms with E-state index in [2.05, 4.69) is 20.7 Å². The molecule has 1 N–H and O–H groups in total. The molecule has 0 aliphatic heterocycles. The van der Waals surface area contributed by atoms with E-state index in [4.69, 9.17) is 0 Å². The molecule has 0 aliphatic rings. The Morgan fingerprint density at radius 3 is 2.88 bits per heavy atom. The fourth-order valence-corrected chi connectivity index (χ4v) is 2.34. The Hall–Kier alpha value is -3.30. The number of carbonyl (C=O) groups is 1. The van der Waals surface area contributed by atoms with E-state index in [1.165, 1.54) is 15.4 Å². The minimum absolute atomic E-state index is 0.0543. The van der Waals surface area contributed by atoms with E-state index in [1.54, 1.807) is 6.92 Å². The lowest BCUT2D eigenvalue weighted by atomic mass is 10.3. The lowest BCUT2D eigenvalue weighted by Crippen LogP contribution is -2.31. The second kappa shape index (κ2) is 6.44. The lowest BCUT2D eigenvalue weighted by molar-refractivity contribution is -0.389. The highest BCUT2D eigenvalue weighted by molar-refractivity contribution is 5.79. The third-order valence-corrected chi connectivity index (χ3v) is 3.51. The summed E-state index contributed by atoms with van der Waals surface area (Å²) in [5, 5.41) is 25.2. The Bertz CT molecular complexity index is 899. The highest BCUT2D eigenvalue weighted by Gasteiger charge is 2.15. The first-order valence-electron chi connectivity index (χ1n) is 7.28. The van der Waals surface area contributed by atoms with Gasteiger partial charge in [0.1, 0.15) is 12.1 Å². The van der Waals surface area contributed by atoms with Gasteiger partial charge < -0.3 is 15.4 Å². The maximum atomic E-state index is 12.0. The monoisotopic (exact) mass is 329 g/mol. The predicted molar refractivity (Wildman–Crippen MR) is 84.2 cm³/mol. The smallest absolute Gasteiger partial charge is 0.358 e. The van der Waals surface area contributed by atoms with Gasteiger partial charge in [-0.15, -0.1) is 5.10 Å². The maximum absolute atomic E-state index is 12.0. The van der Waals surface area contributed by atoms with E-state index < -0.39 is 4.92 Å². The lowest BCUT2D eigenvalue weighted by Gasteiger charge is -2.05. The number of aromatic nitrogens is 5. The van der Waals surface area contributed by atoms with Crippen LogP contribution < -0.4 is 5.32 Å². The van der Waals surface area contributed by atoms with E-state index >= 15 is 0 Å². The van der Waals surface area contributed by atoms with Crippen LogP contribution in [-0.2, 0) is 17.9 Å². The summed E-state index contributed by atoms with van der Waals surface area (Å²) >= 11 is 0. The first-order chi connectivity index (χ1) is 11.5. The number of aryl methyl sites for hydroxylation is 1. The Labute approximate surface area is 136 Å². The van der Waals surface area contributed by atoms with Crippen LogP contribution in [0.1, 0.15) is 5.69 Å². The average molecular weight is 329 g/mol. The minimum Gasteiger partial charge on any atom is -0.358 e. The van der Waals surface area contributed by atoms with Gasteiger partial charge in [-0.2, -0.15) is 4.68 Å². The largest absolute Gasteiger partial charge is 0.390 e. The number of fused-ring (bicyclic) bond motifs is 1. The summed E-state index contributed by atoms with van der Waals surface area (Å²) in [6.07, 6.45) is 0. The Kier molecular flexibility index (Phi) is 4.18. The van der Waals surface area contributed by atoms with Gasteiger partial charge in [0.05, 0.1) is 28.9 Å². The fourth-order valence-electron chi connectivity index (χ4n) is 2.34. The van der Waals surface area contributed by atoms with Crippen LogP contribution in [0, 0.1) is 17.0 Å². The number of hydrogen-bond donors (Lipinski definition) is 1. The van der Waals surface area contributed by atoms with Gasteiger partial charge in [0, 0.05) is 6.54 Å². The molecule has 10 nitrogen and oxygen atoms in total. The molecule has 3 rings (SSSR count). The molecule has 0 fully saturated rings. The molecule has 0 radical (unpaired) electrons. The second-order valence-electron chi connectivity index (χ2n) is 5.21. The number of hydrogen-bond acceptors (Lipinski definition) is 6. The van der Waals surface area contributed by atoms with Crippen LogP contribution in [0.5, 0.6) is 0 Å². The highest BCUT2D eigenvalue weighted by Crippen LogP contribution is 2.10. The van der Waals surface area contributed by atoms with Crippen molar-refractivity contribution in [2.45, 2.75) is 20.0 Å². The van der Waals surface area contributed by atoms with Gasteiger partial charge in [-0.05, 0) is 24.0 Å². The first kappa shape index (κ1) is 15.6. The summed E-state index contributed by atoms with van der Waals surface area (Å²) in [4.78, 5) is 22.1. The molecular weight excluding hydrogens is 314 g/mol. The van der Waals surface area contributed by atoms with Crippen LogP contribution in [-0.4, -0.2) is 42.1 Å². The molecule has 0 spiro atoms. The van der Waals surface area contributed by atoms with Crippen LogP contribution >= 0.6 is 0 Å². The summed E-state index contributed by atoms with van der Waals surface area (Å²) in [5.74, 6) is -0.419. The number of rotatable bonds is 6. The van der Waals surface area contributed by atoms with Gasteiger partial charge >= 0.3 is 5.82 Å². The molecule has 0 bridgehead atoms. The summed E-state index contributed by atoms with van der Waals surface area (Å²) in [5.41, 5.74) is 2.18. The van der Waals surface area contributed by atoms with Crippen molar-refractivity contribution in [3.05, 3.63) is 46.1 Å². The van der Waals surface area contributed by atoms with Gasteiger partial charge in [-0.3, -0.25) is 4.79 Å². The summed E-state index contributed by atoms with van der Waals surface area (Å²) in [6, 6.07) is 8.77. The van der Waals surface area contributed by atoms with Gasteiger partial charge in [0.25, 0.3) is 0 Å². The first-order valence-corrected chi connectivity index (χ1v) is 7.28. The van der Waals surface area contributed by atoms with E-state index in [0.717, 1.165) is 11.0 Å². The molecule has 124 valence electrons. The average Bonchev–Trinajstić information content (AvgIpc) is 3.12.